The minimum atomic E-state index is -4.31. The molecule has 1 aliphatic rings. The van der Waals surface area contributed by atoms with Gasteiger partial charge in [0.1, 0.15) is 12.1 Å². The van der Waals surface area contributed by atoms with Crippen LogP contribution in [-0.2, 0) is 20.1 Å². The second kappa shape index (κ2) is 6.99. The predicted octanol–water partition coefficient (Wildman–Crippen LogP) is 1.39. The summed E-state index contributed by atoms with van der Waals surface area (Å²) in [5.74, 6) is -0.220. The molecule has 2 heterocycles. The highest BCUT2D eigenvalue weighted by Gasteiger charge is 2.32. The van der Waals surface area contributed by atoms with Gasteiger partial charge in [-0.2, -0.15) is 18.8 Å². The van der Waals surface area contributed by atoms with Crippen LogP contribution < -0.4 is 14.3 Å². The lowest BCUT2D eigenvalue weighted by molar-refractivity contribution is 0.486. The summed E-state index contributed by atoms with van der Waals surface area (Å²) in [5.41, 5.74) is 1.65. The average molecular weight is 443 g/mol. The molecule has 0 amide bonds. The molecule has 3 aromatic rings. The molecule has 2 aromatic carbocycles. The number of hydrogen-bond donors (Lipinski definition) is 1. The molecular weight excluding hydrogens is 430 g/mol. The molecule has 0 saturated heterocycles. The standard InChI is InChI=1S/C18H13N5O5S2/c19-10-13-1-3-14(4-2-13)23(22-8-7-21-12-22)17-11-29(24,25)18-9-15(5-6-16(17)18)28-30(20,26)27/h1-9,11-12H,(H2,20,26,27). The van der Waals surface area contributed by atoms with E-state index in [0.29, 0.717) is 22.5 Å². The Hall–Kier alpha value is -3.66. The molecule has 0 radical (unpaired) electrons. The molecule has 152 valence electrons. The van der Waals surface area contributed by atoms with E-state index in [1.54, 1.807) is 40.1 Å². The van der Waals surface area contributed by atoms with Gasteiger partial charge in [0.25, 0.3) is 0 Å². The van der Waals surface area contributed by atoms with Crippen LogP contribution in [0.25, 0.3) is 5.70 Å². The summed E-state index contributed by atoms with van der Waals surface area (Å²) >= 11 is 0. The molecule has 30 heavy (non-hydrogen) atoms. The Morgan fingerprint density at radius 1 is 1.17 bits per heavy atom. The summed E-state index contributed by atoms with van der Waals surface area (Å²) in [5, 5.41) is 16.6. The maximum atomic E-state index is 12.8. The van der Waals surface area contributed by atoms with Crippen molar-refractivity contribution in [3.63, 3.8) is 0 Å². The quantitative estimate of drug-likeness (QED) is 0.622. The van der Waals surface area contributed by atoms with Gasteiger partial charge in [-0.15, -0.1) is 0 Å². The Balaban J connectivity index is 1.86. The minimum absolute atomic E-state index is 0.127. The van der Waals surface area contributed by atoms with Crippen LogP contribution in [0.15, 0.2) is 71.5 Å². The lowest BCUT2D eigenvalue weighted by Gasteiger charge is -2.26. The summed E-state index contributed by atoms with van der Waals surface area (Å²) in [6.45, 7) is 0. The summed E-state index contributed by atoms with van der Waals surface area (Å²) in [6.07, 6.45) is 4.65. The summed E-state index contributed by atoms with van der Waals surface area (Å²) < 4.78 is 54.1. The second-order valence-corrected chi connectivity index (χ2v) is 9.11. The zero-order valence-corrected chi connectivity index (χ0v) is 16.7. The number of anilines is 1. The van der Waals surface area contributed by atoms with Crippen LogP contribution in [0.1, 0.15) is 11.1 Å². The zero-order valence-electron chi connectivity index (χ0n) is 15.1. The predicted molar refractivity (Wildman–Crippen MR) is 107 cm³/mol. The van der Waals surface area contributed by atoms with Crippen molar-refractivity contribution >= 4 is 31.5 Å². The zero-order chi connectivity index (χ0) is 21.5. The van der Waals surface area contributed by atoms with E-state index in [2.05, 4.69) is 9.17 Å². The maximum absolute atomic E-state index is 12.8. The van der Waals surface area contributed by atoms with Gasteiger partial charge in [0.05, 0.1) is 33.3 Å². The number of sulfone groups is 1. The number of rotatable bonds is 5. The maximum Gasteiger partial charge on any atom is 0.380 e. The average Bonchev–Trinajstić information content (AvgIpc) is 3.29. The van der Waals surface area contributed by atoms with Crippen LogP contribution in [0.5, 0.6) is 5.75 Å². The van der Waals surface area contributed by atoms with Crippen LogP contribution in [0.4, 0.5) is 5.69 Å². The Bertz CT molecular complexity index is 1400. The van der Waals surface area contributed by atoms with Crippen molar-refractivity contribution < 1.29 is 21.0 Å². The molecule has 0 fully saturated rings. The fourth-order valence-corrected chi connectivity index (χ4v) is 4.80. The number of nitriles is 1. The first-order valence-corrected chi connectivity index (χ1v) is 11.3. The molecule has 1 aliphatic heterocycles. The van der Waals surface area contributed by atoms with Gasteiger partial charge in [0.15, 0.2) is 0 Å². The van der Waals surface area contributed by atoms with Crippen molar-refractivity contribution in [2.75, 3.05) is 5.01 Å². The number of nitrogens with zero attached hydrogens (tertiary/aromatic N) is 4. The van der Waals surface area contributed by atoms with E-state index in [0.717, 1.165) is 11.5 Å². The first-order chi connectivity index (χ1) is 14.2. The van der Waals surface area contributed by atoms with Crippen LogP contribution in [-0.4, -0.2) is 26.5 Å². The molecule has 2 N–H and O–H groups in total. The highest BCUT2D eigenvalue weighted by molar-refractivity contribution is 7.95. The smallest absolute Gasteiger partial charge is 0.371 e. The van der Waals surface area contributed by atoms with E-state index in [4.69, 9.17) is 10.4 Å². The number of aromatic nitrogens is 2. The van der Waals surface area contributed by atoms with Gasteiger partial charge >= 0.3 is 10.3 Å². The lowest BCUT2D eigenvalue weighted by atomic mass is 10.1. The Morgan fingerprint density at radius 3 is 2.50 bits per heavy atom. The van der Waals surface area contributed by atoms with Crippen LogP contribution in [0.2, 0.25) is 0 Å². The molecule has 0 atom stereocenters. The van der Waals surface area contributed by atoms with Gasteiger partial charge in [-0.25, -0.2) is 23.1 Å². The number of fused-ring (bicyclic) bond motifs is 1. The van der Waals surface area contributed by atoms with E-state index in [1.807, 2.05) is 6.07 Å². The van der Waals surface area contributed by atoms with Gasteiger partial charge in [0, 0.05) is 24.0 Å². The van der Waals surface area contributed by atoms with Gasteiger partial charge in [-0.05, 0) is 36.4 Å². The van der Waals surface area contributed by atoms with Gasteiger partial charge in [-0.3, -0.25) is 0 Å². The van der Waals surface area contributed by atoms with E-state index in [1.165, 1.54) is 24.7 Å². The largest absolute Gasteiger partial charge is 0.380 e. The molecule has 0 bridgehead atoms. The van der Waals surface area contributed by atoms with Crippen molar-refractivity contribution in [2.45, 2.75) is 4.90 Å². The first-order valence-electron chi connectivity index (χ1n) is 8.30. The topological polar surface area (TPSA) is 148 Å². The molecule has 0 aliphatic carbocycles. The molecule has 1 aromatic heterocycles. The summed E-state index contributed by atoms with van der Waals surface area (Å²) in [4.78, 5) is 3.88. The van der Waals surface area contributed by atoms with Crippen LogP contribution >= 0.6 is 0 Å². The van der Waals surface area contributed by atoms with Crippen molar-refractivity contribution in [2.24, 2.45) is 5.14 Å². The monoisotopic (exact) mass is 443 g/mol. The van der Waals surface area contributed by atoms with E-state index in [9.17, 15) is 16.8 Å². The molecule has 0 unspecified atom stereocenters. The fourth-order valence-electron chi connectivity index (χ4n) is 3.02. The fraction of sp³-hybridized carbons (Fsp3) is 0. The molecule has 10 nitrogen and oxygen atoms in total. The molecule has 4 rings (SSSR count). The number of benzene rings is 2. The van der Waals surface area contributed by atoms with E-state index in [-0.39, 0.29) is 10.6 Å². The summed E-state index contributed by atoms with van der Waals surface area (Å²) in [7, 11) is -8.20. The highest BCUT2D eigenvalue weighted by atomic mass is 32.2. The number of hydrogen-bond acceptors (Lipinski definition) is 8. The van der Waals surface area contributed by atoms with Gasteiger partial charge in [-0.1, -0.05) is 0 Å². The minimum Gasteiger partial charge on any atom is -0.371 e. The Kier molecular flexibility index (Phi) is 4.58. The van der Waals surface area contributed by atoms with Crippen LogP contribution in [0, 0.1) is 11.3 Å². The highest BCUT2D eigenvalue weighted by Crippen LogP contribution is 2.39. The number of imidazole rings is 1. The van der Waals surface area contributed by atoms with Gasteiger partial charge < -0.3 is 4.18 Å². The summed E-state index contributed by atoms with van der Waals surface area (Å²) in [6, 6.07) is 12.4. The van der Waals surface area contributed by atoms with Crippen molar-refractivity contribution in [3.8, 4) is 11.8 Å². The molecule has 12 heteroatoms. The van der Waals surface area contributed by atoms with E-state index < -0.39 is 20.1 Å². The van der Waals surface area contributed by atoms with Crippen molar-refractivity contribution in [3.05, 3.63) is 77.7 Å². The molecule has 0 spiro atoms. The van der Waals surface area contributed by atoms with Crippen LogP contribution in [0.3, 0.4) is 0 Å². The Morgan fingerprint density at radius 2 is 1.90 bits per heavy atom. The van der Waals surface area contributed by atoms with Crippen molar-refractivity contribution in [1.29, 1.82) is 5.26 Å². The third-order valence-electron chi connectivity index (χ3n) is 4.21. The SMILES string of the molecule is N#Cc1ccc(N(C2=CS(=O)(=O)c3cc(OS(N)(=O)=O)ccc32)n2ccnc2)cc1. The Labute approximate surface area is 172 Å². The lowest BCUT2D eigenvalue weighted by Crippen LogP contribution is -2.26. The normalized spacial score (nSPS) is 14.5. The van der Waals surface area contributed by atoms with Crippen molar-refractivity contribution in [1.82, 2.24) is 9.66 Å². The van der Waals surface area contributed by atoms with E-state index >= 15 is 0 Å². The number of nitrogens with two attached hydrogens (primary N) is 1. The third-order valence-corrected chi connectivity index (χ3v) is 6.11. The second-order valence-electron chi connectivity index (χ2n) is 6.20. The molecule has 0 saturated carbocycles. The first kappa shape index (κ1) is 19.6. The van der Waals surface area contributed by atoms with Gasteiger partial charge in [0.2, 0.25) is 9.84 Å². The third kappa shape index (κ3) is 3.64. The molecular formula is C18H13N5O5S2.